The van der Waals surface area contributed by atoms with Gasteiger partial charge in [0.1, 0.15) is 5.75 Å². The summed E-state index contributed by atoms with van der Waals surface area (Å²) < 4.78 is 16.5. The van der Waals surface area contributed by atoms with Crippen LogP contribution in [0, 0.1) is 0 Å². The van der Waals surface area contributed by atoms with E-state index in [1.165, 1.54) is 18.1 Å². The van der Waals surface area contributed by atoms with Gasteiger partial charge in [0.2, 0.25) is 5.78 Å². The highest BCUT2D eigenvalue weighted by molar-refractivity contribution is 6.31. The van der Waals surface area contributed by atoms with Gasteiger partial charge in [-0.2, -0.15) is 0 Å². The monoisotopic (exact) mass is 545 g/mol. The number of ether oxygens (including phenoxy) is 2. The van der Waals surface area contributed by atoms with Crippen molar-refractivity contribution in [3.05, 3.63) is 100.0 Å². The zero-order chi connectivity index (χ0) is 28.1. The molecule has 0 bridgehead atoms. The lowest BCUT2D eigenvalue weighted by Crippen LogP contribution is -2.31. The molecule has 1 unspecified atom stereocenters. The van der Waals surface area contributed by atoms with Crippen LogP contribution in [-0.4, -0.2) is 31.0 Å². The lowest BCUT2D eigenvalue weighted by atomic mass is 9.87. The van der Waals surface area contributed by atoms with Gasteiger partial charge in [-0.15, -0.1) is 0 Å². The highest BCUT2D eigenvalue weighted by atomic mass is 35.5. The molecule has 5 rings (SSSR count). The number of rotatable bonds is 6. The number of nitrogens with zero attached hydrogens (tertiary/aromatic N) is 1. The first-order valence-corrected chi connectivity index (χ1v) is 12.7. The quantitative estimate of drug-likeness (QED) is 0.258. The van der Waals surface area contributed by atoms with E-state index in [2.05, 4.69) is 20.8 Å². The maximum absolute atomic E-state index is 13.9. The molecule has 0 saturated heterocycles. The molecular formula is C31H28ClNO6. The number of ketones is 1. The minimum atomic E-state index is -0.907. The van der Waals surface area contributed by atoms with Gasteiger partial charge in [0.15, 0.2) is 22.9 Å². The van der Waals surface area contributed by atoms with Crippen LogP contribution in [0.4, 0.5) is 5.69 Å². The summed E-state index contributed by atoms with van der Waals surface area (Å²) in [6, 6.07) is 18.4. The van der Waals surface area contributed by atoms with Crippen molar-refractivity contribution in [1.82, 2.24) is 0 Å². The van der Waals surface area contributed by atoms with Gasteiger partial charge < -0.3 is 19.0 Å². The summed E-state index contributed by atoms with van der Waals surface area (Å²) in [6.07, 6.45) is 0. The number of aliphatic hydroxyl groups is 1. The highest BCUT2D eigenvalue weighted by Crippen LogP contribution is 2.43. The number of hydrogen-bond donors (Lipinski definition) is 1. The highest BCUT2D eigenvalue weighted by Gasteiger charge is 2.45. The minimum Gasteiger partial charge on any atom is -0.503 e. The third-order valence-electron chi connectivity index (χ3n) is 6.89. The Kier molecular flexibility index (Phi) is 6.64. The van der Waals surface area contributed by atoms with E-state index in [1.54, 1.807) is 43.5 Å². The SMILES string of the molecule is COc1ccc(C2C(C(=O)c3cc4cc(Cl)cc(OC)c4o3)=C(O)C(=O)N2c2ccc(C(C)(C)C)cc2)cc1. The Hall–Kier alpha value is -4.23. The zero-order valence-electron chi connectivity index (χ0n) is 22.2. The topological polar surface area (TPSA) is 89.2 Å². The number of carbonyl (C=O) groups is 2. The fourth-order valence-corrected chi connectivity index (χ4v) is 5.03. The van der Waals surface area contributed by atoms with Crippen molar-refractivity contribution in [3.63, 3.8) is 0 Å². The normalized spacial score (nSPS) is 15.8. The minimum absolute atomic E-state index is 0.0524. The lowest BCUT2D eigenvalue weighted by Gasteiger charge is -2.28. The van der Waals surface area contributed by atoms with Crippen LogP contribution >= 0.6 is 11.6 Å². The molecule has 2 heterocycles. The van der Waals surface area contributed by atoms with Gasteiger partial charge in [-0.1, -0.05) is 56.6 Å². The molecule has 0 radical (unpaired) electrons. The van der Waals surface area contributed by atoms with Gasteiger partial charge in [0.25, 0.3) is 5.91 Å². The standard InChI is InChI=1S/C31H28ClNO6/c1-31(2,3)19-8-10-21(11-9-19)33-26(17-6-12-22(37-4)13-7-17)25(28(35)30(33)36)27(34)23-15-18-14-20(32)16-24(38-5)29(18)39-23/h6-16,26,35H,1-5H3. The smallest absolute Gasteiger partial charge is 0.294 e. The summed E-state index contributed by atoms with van der Waals surface area (Å²) in [4.78, 5) is 28.9. The van der Waals surface area contributed by atoms with Crippen molar-refractivity contribution in [1.29, 1.82) is 0 Å². The van der Waals surface area contributed by atoms with Crippen LogP contribution in [0.25, 0.3) is 11.0 Å². The predicted octanol–water partition coefficient (Wildman–Crippen LogP) is 7.18. The Bertz CT molecular complexity index is 1610. The van der Waals surface area contributed by atoms with Gasteiger partial charge in [-0.25, -0.2) is 0 Å². The zero-order valence-corrected chi connectivity index (χ0v) is 23.0. The van der Waals surface area contributed by atoms with Gasteiger partial charge in [-0.3, -0.25) is 14.5 Å². The summed E-state index contributed by atoms with van der Waals surface area (Å²) in [5.74, 6) is -1.00. The molecule has 39 heavy (non-hydrogen) atoms. The van der Waals surface area contributed by atoms with Crippen LogP contribution in [0.5, 0.6) is 11.5 Å². The molecule has 1 amide bonds. The summed E-state index contributed by atoms with van der Waals surface area (Å²) in [5, 5.41) is 12.1. The molecule has 0 spiro atoms. The maximum atomic E-state index is 13.9. The average molecular weight is 546 g/mol. The molecule has 0 saturated carbocycles. The van der Waals surface area contributed by atoms with Gasteiger partial charge in [0, 0.05) is 22.2 Å². The summed E-state index contributed by atoms with van der Waals surface area (Å²) >= 11 is 6.20. The summed E-state index contributed by atoms with van der Waals surface area (Å²) in [6.45, 7) is 6.30. The van der Waals surface area contributed by atoms with Crippen molar-refractivity contribution < 1.29 is 28.6 Å². The number of methoxy groups -OCH3 is 2. The third-order valence-corrected chi connectivity index (χ3v) is 7.10. The molecule has 3 aromatic carbocycles. The predicted molar refractivity (Wildman–Crippen MR) is 150 cm³/mol. The number of hydrogen-bond acceptors (Lipinski definition) is 6. The van der Waals surface area contributed by atoms with Crippen LogP contribution in [-0.2, 0) is 10.2 Å². The largest absolute Gasteiger partial charge is 0.503 e. The molecular weight excluding hydrogens is 518 g/mol. The number of Topliss-reactive ketones (excluding diaryl/α,β-unsaturated/α-hetero) is 1. The third kappa shape index (κ3) is 4.63. The molecule has 8 heteroatoms. The van der Waals surface area contributed by atoms with Crippen molar-refractivity contribution in [3.8, 4) is 11.5 Å². The van der Waals surface area contributed by atoms with Crippen molar-refractivity contribution in [2.45, 2.75) is 32.2 Å². The fourth-order valence-electron chi connectivity index (χ4n) is 4.81. The van der Waals surface area contributed by atoms with E-state index in [4.69, 9.17) is 25.5 Å². The fraction of sp³-hybridized carbons (Fsp3) is 0.226. The van der Waals surface area contributed by atoms with Crippen LogP contribution in [0.15, 0.2) is 82.5 Å². The number of carbonyl (C=O) groups excluding carboxylic acids is 2. The van der Waals surface area contributed by atoms with Crippen LogP contribution < -0.4 is 14.4 Å². The Balaban J connectivity index is 1.64. The number of benzene rings is 3. The second-order valence-electron chi connectivity index (χ2n) is 10.4. The maximum Gasteiger partial charge on any atom is 0.294 e. The number of amides is 1. The number of fused-ring (bicyclic) bond motifs is 1. The molecule has 200 valence electrons. The number of halogens is 1. The first-order valence-electron chi connectivity index (χ1n) is 12.4. The van der Waals surface area contributed by atoms with E-state index in [0.717, 1.165) is 5.56 Å². The Labute approximate surface area is 231 Å². The number of aliphatic hydroxyl groups excluding tert-OH is 1. The first-order chi connectivity index (χ1) is 18.5. The van der Waals surface area contributed by atoms with Crippen molar-refractivity contribution in [2.75, 3.05) is 19.1 Å². The summed E-state index contributed by atoms with van der Waals surface area (Å²) in [5.41, 5.74) is 2.41. The Morgan fingerprint density at radius 2 is 1.64 bits per heavy atom. The van der Waals surface area contributed by atoms with Crippen LogP contribution in [0.3, 0.4) is 0 Å². The number of anilines is 1. The van der Waals surface area contributed by atoms with Gasteiger partial charge in [-0.05, 0) is 52.9 Å². The van der Waals surface area contributed by atoms with Crippen molar-refractivity contribution >= 4 is 39.9 Å². The van der Waals surface area contributed by atoms with Crippen LogP contribution in [0.1, 0.15) is 48.5 Å². The molecule has 1 atom stereocenters. The second kappa shape index (κ2) is 9.82. The molecule has 1 N–H and O–H groups in total. The van der Waals surface area contributed by atoms with E-state index >= 15 is 0 Å². The molecule has 4 aromatic rings. The van der Waals surface area contributed by atoms with E-state index in [9.17, 15) is 14.7 Å². The first kappa shape index (κ1) is 26.4. The molecule has 7 nitrogen and oxygen atoms in total. The average Bonchev–Trinajstić information content (AvgIpc) is 3.46. The van der Waals surface area contributed by atoms with E-state index in [-0.39, 0.29) is 16.7 Å². The molecule has 1 aromatic heterocycles. The molecule has 0 fully saturated rings. The Morgan fingerprint density at radius 1 is 0.974 bits per heavy atom. The summed E-state index contributed by atoms with van der Waals surface area (Å²) in [7, 11) is 3.03. The molecule has 0 aliphatic carbocycles. The lowest BCUT2D eigenvalue weighted by molar-refractivity contribution is -0.117. The van der Waals surface area contributed by atoms with Gasteiger partial charge >= 0.3 is 0 Å². The van der Waals surface area contributed by atoms with E-state index in [1.807, 2.05) is 24.3 Å². The Morgan fingerprint density at radius 3 is 2.23 bits per heavy atom. The second-order valence-corrected chi connectivity index (χ2v) is 10.8. The van der Waals surface area contributed by atoms with Crippen molar-refractivity contribution in [2.24, 2.45) is 0 Å². The number of furan rings is 1. The van der Waals surface area contributed by atoms with E-state index < -0.39 is 23.5 Å². The molecule has 1 aliphatic heterocycles. The van der Waals surface area contributed by atoms with E-state index in [0.29, 0.717) is 38.7 Å². The van der Waals surface area contributed by atoms with Gasteiger partial charge in [0.05, 0.1) is 25.8 Å². The van der Waals surface area contributed by atoms with Crippen LogP contribution in [0.2, 0.25) is 5.02 Å². The molecule has 1 aliphatic rings.